The summed E-state index contributed by atoms with van der Waals surface area (Å²) in [6.07, 6.45) is 2.89. The second-order valence-corrected chi connectivity index (χ2v) is 6.07. The van der Waals surface area contributed by atoms with Gasteiger partial charge in [-0.3, -0.25) is 9.71 Å². The van der Waals surface area contributed by atoms with Crippen LogP contribution in [0.5, 0.6) is 0 Å². The van der Waals surface area contributed by atoms with Gasteiger partial charge in [0.05, 0.1) is 34.5 Å². The van der Waals surface area contributed by atoms with E-state index >= 15 is 0 Å². The molecule has 110 valence electrons. The Morgan fingerprint density at radius 1 is 1.33 bits per heavy atom. The Balaban J connectivity index is 2.39. The van der Waals surface area contributed by atoms with Crippen molar-refractivity contribution in [3.05, 3.63) is 53.3 Å². The summed E-state index contributed by atoms with van der Waals surface area (Å²) in [4.78, 5) is 15.3. The van der Waals surface area contributed by atoms with Crippen molar-refractivity contribution in [2.24, 2.45) is 0 Å². The van der Waals surface area contributed by atoms with Crippen LogP contribution in [0.2, 0.25) is 5.02 Å². The van der Waals surface area contributed by atoms with Gasteiger partial charge >= 0.3 is 5.97 Å². The number of hydrogen-bond donors (Lipinski definition) is 1. The van der Waals surface area contributed by atoms with Crippen LogP contribution in [-0.4, -0.2) is 26.5 Å². The number of halogens is 1. The van der Waals surface area contributed by atoms with E-state index in [1.807, 2.05) is 0 Å². The highest BCUT2D eigenvalue weighted by Crippen LogP contribution is 2.22. The third-order valence-corrected chi connectivity index (χ3v) is 4.28. The van der Waals surface area contributed by atoms with Crippen LogP contribution in [0.4, 0.5) is 5.69 Å². The number of hydrogen-bond acceptors (Lipinski definition) is 5. The van der Waals surface area contributed by atoms with Gasteiger partial charge in [-0.15, -0.1) is 0 Å². The fourth-order valence-electron chi connectivity index (χ4n) is 1.58. The van der Waals surface area contributed by atoms with Gasteiger partial charge in [-0.05, 0) is 30.3 Å². The maximum absolute atomic E-state index is 12.2. The minimum atomic E-state index is -3.85. The average Bonchev–Trinajstić information content (AvgIpc) is 2.47. The number of benzene rings is 1. The van der Waals surface area contributed by atoms with E-state index in [0.29, 0.717) is 5.69 Å². The number of carbonyl (C=O) groups is 1. The van der Waals surface area contributed by atoms with E-state index in [1.165, 1.54) is 31.6 Å². The Kier molecular flexibility index (Phi) is 4.44. The Labute approximate surface area is 126 Å². The molecule has 6 nitrogen and oxygen atoms in total. The second-order valence-electron chi connectivity index (χ2n) is 3.98. The molecule has 0 amide bonds. The number of ether oxygens (including phenoxy) is 1. The van der Waals surface area contributed by atoms with Crippen LogP contribution in [0, 0.1) is 0 Å². The van der Waals surface area contributed by atoms with Crippen molar-refractivity contribution in [3.8, 4) is 0 Å². The summed E-state index contributed by atoms with van der Waals surface area (Å²) in [6, 6.07) is 6.94. The molecule has 1 aromatic carbocycles. The number of esters is 1. The molecule has 0 fully saturated rings. The molecule has 0 bridgehead atoms. The summed E-state index contributed by atoms with van der Waals surface area (Å²) in [6.45, 7) is 0. The van der Waals surface area contributed by atoms with Crippen molar-refractivity contribution >= 4 is 33.3 Å². The highest BCUT2D eigenvalue weighted by atomic mass is 35.5. The molecular weight excluding hydrogens is 316 g/mol. The zero-order valence-corrected chi connectivity index (χ0v) is 12.5. The number of nitrogens with zero attached hydrogens (tertiary/aromatic N) is 1. The SMILES string of the molecule is COC(=O)c1cc(S(=O)(=O)Nc2cccnc2)ccc1Cl. The van der Waals surface area contributed by atoms with Crippen molar-refractivity contribution in [1.29, 1.82) is 0 Å². The molecule has 1 heterocycles. The van der Waals surface area contributed by atoms with Crippen molar-refractivity contribution in [1.82, 2.24) is 4.98 Å². The lowest BCUT2D eigenvalue weighted by atomic mass is 10.2. The Morgan fingerprint density at radius 2 is 2.10 bits per heavy atom. The Morgan fingerprint density at radius 3 is 2.71 bits per heavy atom. The first-order valence-electron chi connectivity index (χ1n) is 5.75. The maximum atomic E-state index is 12.2. The summed E-state index contributed by atoms with van der Waals surface area (Å²) in [5, 5.41) is 0.113. The van der Waals surface area contributed by atoms with Gasteiger partial charge in [-0.1, -0.05) is 11.6 Å². The zero-order valence-electron chi connectivity index (χ0n) is 10.9. The minimum Gasteiger partial charge on any atom is -0.465 e. The van der Waals surface area contributed by atoms with Gasteiger partial charge in [0.1, 0.15) is 0 Å². The molecule has 1 N–H and O–H groups in total. The number of sulfonamides is 1. The van der Waals surface area contributed by atoms with E-state index in [4.69, 9.17) is 11.6 Å². The van der Waals surface area contributed by atoms with Gasteiger partial charge < -0.3 is 4.74 Å². The number of nitrogens with one attached hydrogen (secondary N) is 1. The van der Waals surface area contributed by atoms with Crippen LogP contribution in [0.1, 0.15) is 10.4 Å². The van der Waals surface area contributed by atoms with E-state index in [2.05, 4.69) is 14.4 Å². The van der Waals surface area contributed by atoms with Crippen LogP contribution in [-0.2, 0) is 14.8 Å². The lowest BCUT2D eigenvalue weighted by Gasteiger charge is -2.09. The molecule has 0 unspecified atom stereocenters. The zero-order chi connectivity index (χ0) is 15.5. The van der Waals surface area contributed by atoms with Crippen LogP contribution >= 0.6 is 11.6 Å². The molecule has 2 rings (SSSR count). The average molecular weight is 327 g/mol. The fourth-order valence-corrected chi connectivity index (χ4v) is 2.84. The summed E-state index contributed by atoms with van der Waals surface area (Å²) in [5.74, 6) is -0.710. The van der Waals surface area contributed by atoms with Gasteiger partial charge in [0, 0.05) is 6.20 Å². The summed E-state index contributed by atoms with van der Waals surface area (Å²) in [7, 11) is -2.66. The highest BCUT2D eigenvalue weighted by molar-refractivity contribution is 7.92. The number of pyridine rings is 1. The van der Waals surface area contributed by atoms with E-state index in [1.54, 1.807) is 12.1 Å². The molecule has 1 aromatic heterocycles. The minimum absolute atomic E-state index is 0.0202. The lowest BCUT2D eigenvalue weighted by molar-refractivity contribution is 0.0600. The molecule has 0 spiro atoms. The summed E-state index contributed by atoms with van der Waals surface area (Å²) < 4.78 is 31.4. The molecule has 8 heteroatoms. The van der Waals surface area contributed by atoms with E-state index in [-0.39, 0.29) is 15.5 Å². The molecule has 0 aliphatic heterocycles. The van der Waals surface area contributed by atoms with E-state index in [9.17, 15) is 13.2 Å². The molecule has 0 aliphatic carbocycles. The van der Waals surface area contributed by atoms with Crippen LogP contribution in [0.3, 0.4) is 0 Å². The third kappa shape index (κ3) is 3.50. The van der Waals surface area contributed by atoms with Gasteiger partial charge in [0.15, 0.2) is 0 Å². The van der Waals surface area contributed by atoms with Crippen molar-refractivity contribution in [3.63, 3.8) is 0 Å². The monoisotopic (exact) mass is 326 g/mol. The maximum Gasteiger partial charge on any atom is 0.339 e. The molecule has 21 heavy (non-hydrogen) atoms. The second kappa shape index (κ2) is 6.11. The normalized spacial score (nSPS) is 11.0. The molecule has 2 aromatic rings. The smallest absolute Gasteiger partial charge is 0.339 e. The molecule has 0 radical (unpaired) electrons. The van der Waals surface area contributed by atoms with Crippen molar-refractivity contribution in [2.75, 3.05) is 11.8 Å². The van der Waals surface area contributed by atoms with Crippen LogP contribution < -0.4 is 4.72 Å². The van der Waals surface area contributed by atoms with Gasteiger partial charge in [0.25, 0.3) is 10.0 Å². The first-order chi connectivity index (χ1) is 9.94. The van der Waals surface area contributed by atoms with Gasteiger partial charge in [-0.2, -0.15) is 0 Å². The number of carbonyl (C=O) groups excluding carboxylic acids is 1. The Hall–Kier alpha value is -2.12. The first kappa shape index (κ1) is 15.3. The third-order valence-electron chi connectivity index (χ3n) is 2.57. The van der Waals surface area contributed by atoms with E-state index < -0.39 is 16.0 Å². The van der Waals surface area contributed by atoms with Crippen LogP contribution in [0.15, 0.2) is 47.6 Å². The summed E-state index contributed by atoms with van der Waals surface area (Å²) in [5.41, 5.74) is 0.292. The number of rotatable bonds is 4. The number of aromatic nitrogens is 1. The first-order valence-corrected chi connectivity index (χ1v) is 7.61. The van der Waals surface area contributed by atoms with Crippen LogP contribution in [0.25, 0.3) is 0 Å². The molecular formula is C13H11ClN2O4S. The summed E-state index contributed by atoms with van der Waals surface area (Å²) >= 11 is 5.85. The topological polar surface area (TPSA) is 85.4 Å². The molecule has 0 saturated carbocycles. The number of methoxy groups -OCH3 is 1. The van der Waals surface area contributed by atoms with Gasteiger partial charge in [0.2, 0.25) is 0 Å². The highest BCUT2D eigenvalue weighted by Gasteiger charge is 2.19. The molecule has 0 aliphatic rings. The van der Waals surface area contributed by atoms with Crippen molar-refractivity contribution < 1.29 is 17.9 Å². The predicted octanol–water partition coefficient (Wildman–Crippen LogP) is 2.32. The Bertz CT molecular complexity index is 763. The quantitative estimate of drug-likeness (QED) is 0.871. The van der Waals surface area contributed by atoms with Gasteiger partial charge in [-0.25, -0.2) is 13.2 Å². The standard InChI is InChI=1S/C13H11ClN2O4S/c1-20-13(17)11-7-10(4-5-12(11)14)21(18,19)16-9-3-2-6-15-8-9/h2-8,16H,1H3. The number of anilines is 1. The van der Waals surface area contributed by atoms with E-state index in [0.717, 1.165) is 6.07 Å². The lowest BCUT2D eigenvalue weighted by Crippen LogP contribution is -2.14. The molecule has 0 saturated heterocycles. The predicted molar refractivity (Wildman–Crippen MR) is 77.8 cm³/mol. The molecule has 0 atom stereocenters. The largest absolute Gasteiger partial charge is 0.465 e. The van der Waals surface area contributed by atoms with Crippen molar-refractivity contribution in [2.45, 2.75) is 4.90 Å². The fraction of sp³-hybridized carbons (Fsp3) is 0.0769.